The maximum atomic E-state index is 12.5. The minimum absolute atomic E-state index is 0.000759. The molecule has 1 N–H and O–H groups in total. The highest BCUT2D eigenvalue weighted by Gasteiger charge is 2.24. The second-order valence-electron chi connectivity index (χ2n) is 6.62. The van der Waals surface area contributed by atoms with E-state index in [9.17, 15) is 14.9 Å². The second-order valence-corrected chi connectivity index (χ2v) is 6.62. The molecule has 2 amide bonds. The van der Waals surface area contributed by atoms with Crippen LogP contribution in [-0.4, -0.2) is 35.0 Å². The lowest BCUT2D eigenvalue weighted by Gasteiger charge is -2.32. The summed E-state index contributed by atoms with van der Waals surface area (Å²) in [6.45, 7) is 3.40. The minimum atomic E-state index is -0.444. The standard InChI is InChI=1S/C20H23N3O4/c1-15-18(8-5-9-19(15)23(25)26)21-20(24)22-12-10-17(11-13-22)27-14-16-6-3-2-4-7-16/h2-9,17H,10-14H2,1H3,(H,21,24). The van der Waals surface area contributed by atoms with Gasteiger partial charge >= 0.3 is 6.03 Å². The summed E-state index contributed by atoms with van der Waals surface area (Å²) in [4.78, 5) is 24.8. The Hall–Kier alpha value is -2.93. The van der Waals surface area contributed by atoms with E-state index in [0.717, 1.165) is 18.4 Å². The monoisotopic (exact) mass is 369 g/mol. The van der Waals surface area contributed by atoms with E-state index in [1.165, 1.54) is 6.07 Å². The highest BCUT2D eigenvalue weighted by atomic mass is 16.6. The number of urea groups is 1. The number of piperidine rings is 1. The third-order valence-electron chi connectivity index (χ3n) is 4.80. The fraction of sp³-hybridized carbons (Fsp3) is 0.350. The Labute approximate surface area is 158 Å². The molecule has 142 valence electrons. The first-order valence-corrected chi connectivity index (χ1v) is 9.00. The van der Waals surface area contributed by atoms with Gasteiger partial charge in [-0.05, 0) is 31.4 Å². The molecule has 0 atom stereocenters. The van der Waals surface area contributed by atoms with E-state index in [1.807, 2.05) is 30.3 Å². The summed E-state index contributed by atoms with van der Waals surface area (Å²) in [5.74, 6) is 0. The van der Waals surface area contributed by atoms with E-state index in [2.05, 4.69) is 5.32 Å². The van der Waals surface area contributed by atoms with Crippen molar-refractivity contribution in [1.82, 2.24) is 4.90 Å². The third kappa shape index (κ3) is 4.83. The highest BCUT2D eigenvalue weighted by Crippen LogP contribution is 2.25. The highest BCUT2D eigenvalue weighted by molar-refractivity contribution is 5.90. The van der Waals surface area contributed by atoms with Crippen molar-refractivity contribution >= 4 is 17.4 Å². The van der Waals surface area contributed by atoms with Gasteiger partial charge in [-0.3, -0.25) is 10.1 Å². The number of nitrogens with one attached hydrogen (secondary N) is 1. The number of ether oxygens (including phenoxy) is 1. The van der Waals surface area contributed by atoms with Gasteiger partial charge in [-0.1, -0.05) is 36.4 Å². The van der Waals surface area contributed by atoms with E-state index in [1.54, 1.807) is 24.0 Å². The molecule has 0 spiro atoms. The van der Waals surface area contributed by atoms with Gasteiger partial charge in [0.2, 0.25) is 0 Å². The molecule has 2 aromatic carbocycles. The number of amides is 2. The van der Waals surface area contributed by atoms with E-state index in [4.69, 9.17) is 4.74 Å². The van der Waals surface area contributed by atoms with Crippen LogP contribution in [0.2, 0.25) is 0 Å². The van der Waals surface area contributed by atoms with Gasteiger partial charge in [-0.25, -0.2) is 4.79 Å². The summed E-state index contributed by atoms with van der Waals surface area (Å²) in [5.41, 5.74) is 2.06. The molecule has 0 aliphatic carbocycles. The van der Waals surface area contributed by atoms with Gasteiger partial charge in [0.05, 0.1) is 28.9 Å². The molecule has 0 aromatic heterocycles. The topological polar surface area (TPSA) is 84.7 Å². The number of nitro groups is 1. The second kappa shape index (κ2) is 8.64. The van der Waals surface area contributed by atoms with Crippen LogP contribution < -0.4 is 5.32 Å². The Balaban J connectivity index is 1.50. The van der Waals surface area contributed by atoms with E-state index in [0.29, 0.717) is 30.9 Å². The number of hydrogen-bond acceptors (Lipinski definition) is 4. The fourth-order valence-corrected chi connectivity index (χ4v) is 3.16. The quantitative estimate of drug-likeness (QED) is 0.635. The van der Waals surface area contributed by atoms with E-state index >= 15 is 0 Å². The van der Waals surface area contributed by atoms with Crippen LogP contribution in [0.1, 0.15) is 24.0 Å². The number of rotatable bonds is 5. The molecule has 7 nitrogen and oxygen atoms in total. The number of nitro benzene ring substituents is 1. The van der Waals surface area contributed by atoms with E-state index < -0.39 is 4.92 Å². The Bertz CT molecular complexity index is 802. The average molecular weight is 369 g/mol. The van der Waals surface area contributed by atoms with Crippen molar-refractivity contribution in [3.05, 3.63) is 69.8 Å². The van der Waals surface area contributed by atoms with Crippen LogP contribution in [0.25, 0.3) is 0 Å². The van der Waals surface area contributed by atoms with Gasteiger partial charge in [0, 0.05) is 19.2 Å². The maximum Gasteiger partial charge on any atom is 0.321 e. The van der Waals surface area contributed by atoms with Crippen LogP contribution in [0.5, 0.6) is 0 Å². The predicted molar refractivity (Wildman–Crippen MR) is 103 cm³/mol. The molecule has 27 heavy (non-hydrogen) atoms. The average Bonchev–Trinajstić information content (AvgIpc) is 2.69. The van der Waals surface area contributed by atoms with Gasteiger partial charge in [-0.15, -0.1) is 0 Å². The first-order chi connectivity index (χ1) is 13.0. The van der Waals surface area contributed by atoms with Gasteiger partial charge in [0.1, 0.15) is 0 Å². The van der Waals surface area contributed by atoms with E-state index in [-0.39, 0.29) is 17.8 Å². The molecule has 1 aliphatic rings. The number of hydrogen-bond donors (Lipinski definition) is 1. The number of anilines is 1. The first kappa shape index (κ1) is 18.8. The zero-order chi connectivity index (χ0) is 19.2. The van der Waals surface area contributed by atoms with Crippen molar-refractivity contribution in [1.29, 1.82) is 0 Å². The normalized spacial score (nSPS) is 14.8. The largest absolute Gasteiger partial charge is 0.373 e. The molecule has 1 fully saturated rings. The van der Waals surface area contributed by atoms with Crippen molar-refractivity contribution in [3.8, 4) is 0 Å². The lowest BCUT2D eigenvalue weighted by molar-refractivity contribution is -0.385. The molecule has 0 radical (unpaired) electrons. The van der Waals surface area contributed by atoms with Crippen molar-refractivity contribution in [2.24, 2.45) is 0 Å². The zero-order valence-electron chi connectivity index (χ0n) is 15.3. The number of likely N-dealkylation sites (tertiary alicyclic amines) is 1. The zero-order valence-corrected chi connectivity index (χ0v) is 15.3. The lowest BCUT2D eigenvalue weighted by Crippen LogP contribution is -2.43. The summed E-state index contributed by atoms with van der Waals surface area (Å²) in [7, 11) is 0. The molecule has 1 saturated heterocycles. The van der Waals surface area contributed by atoms with Crippen LogP contribution >= 0.6 is 0 Å². The van der Waals surface area contributed by atoms with Gasteiger partial charge in [-0.2, -0.15) is 0 Å². The predicted octanol–water partition coefficient (Wildman–Crippen LogP) is 4.12. The number of nitrogens with zero attached hydrogens (tertiary/aromatic N) is 2. The smallest absolute Gasteiger partial charge is 0.321 e. The SMILES string of the molecule is Cc1c(NC(=O)N2CCC(OCc3ccccc3)CC2)cccc1[N+](=O)[O-]. The Morgan fingerprint density at radius 1 is 1.19 bits per heavy atom. The summed E-state index contributed by atoms with van der Waals surface area (Å²) < 4.78 is 5.94. The molecule has 2 aromatic rings. The molecular weight excluding hydrogens is 346 g/mol. The third-order valence-corrected chi connectivity index (χ3v) is 4.80. The molecule has 7 heteroatoms. The van der Waals surface area contributed by atoms with Crippen molar-refractivity contribution in [2.45, 2.75) is 32.5 Å². The summed E-state index contributed by atoms with van der Waals surface area (Å²) in [5, 5.41) is 13.8. The molecule has 1 aliphatic heterocycles. The molecule has 1 heterocycles. The van der Waals surface area contributed by atoms with Crippen molar-refractivity contribution in [2.75, 3.05) is 18.4 Å². The summed E-state index contributed by atoms with van der Waals surface area (Å²) in [6, 6.07) is 14.5. The summed E-state index contributed by atoms with van der Waals surface area (Å²) >= 11 is 0. The van der Waals surface area contributed by atoms with Crippen LogP contribution in [-0.2, 0) is 11.3 Å². The Morgan fingerprint density at radius 2 is 1.89 bits per heavy atom. The van der Waals surface area contributed by atoms with Gasteiger partial charge in [0.15, 0.2) is 0 Å². The van der Waals surface area contributed by atoms with Gasteiger partial charge in [0.25, 0.3) is 5.69 Å². The van der Waals surface area contributed by atoms with Crippen LogP contribution in [0.3, 0.4) is 0 Å². The Kier molecular flexibility index (Phi) is 6.03. The molecule has 3 rings (SSSR count). The van der Waals surface area contributed by atoms with Crippen LogP contribution in [0, 0.1) is 17.0 Å². The number of carbonyl (C=O) groups is 1. The van der Waals surface area contributed by atoms with Crippen LogP contribution in [0.4, 0.5) is 16.2 Å². The lowest BCUT2D eigenvalue weighted by atomic mass is 10.1. The Morgan fingerprint density at radius 3 is 2.56 bits per heavy atom. The van der Waals surface area contributed by atoms with Crippen molar-refractivity contribution in [3.63, 3.8) is 0 Å². The molecule has 0 bridgehead atoms. The number of benzene rings is 2. The molecule has 0 unspecified atom stereocenters. The van der Waals surface area contributed by atoms with Gasteiger partial charge < -0.3 is 15.0 Å². The number of carbonyl (C=O) groups excluding carboxylic acids is 1. The summed E-state index contributed by atoms with van der Waals surface area (Å²) in [6.07, 6.45) is 1.68. The fourth-order valence-electron chi connectivity index (χ4n) is 3.16. The maximum absolute atomic E-state index is 12.5. The van der Waals surface area contributed by atoms with Crippen LogP contribution in [0.15, 0.2) is 48.5 Å². The molecular formula is C20H23N3O4. The molecule has 0 saturated carbocycles. The minimum Gasteiger partial charge on any atom is -0.373 e. The van der Waals surface area contributed by atoms with Crippen molar-refractivity contribution < 1.29 is 14.5 Å². The first-order valence-electron chi connectivity index (χ1n) is 9.00.